The maximum absolute atomic E-state index is 12.4. The quantitative estimate of drug-likeness (QED) is 0.0421. The summed E-state index contributed by atoms with van der Waals surface area (Å²) < 4.78 is 0. The Morgan fingerprint density at radius 2 is 0.688 bits per heavy atom. The van der Waals surface area contributed by atoms with Crippen molar-refractivity contribution in [3.8, 4) is 0 Å². The van der Waals surface area contributed by atoms with Crippen LogP contribution in [0.25, 0.3) is 0 Å². The molecule has 0 fully saturated rings. The van der Waals surface area contributed by atoms with Gasteiger partial charge in [0.2, 0.25) is 5.91 Å². The lowest BCUT2D eigenvalue weighted by Crippen LogP contribution is -2.45. The summed E-state index contributed by atoms with van der Waals surface area (Å²) in [7, 11) is 0. The number of carbonyl (C=O) groups excluding carboxylic acids is 1. The van der Waals surface area contributed by atoms with E-state index in [1.807, 2.05) is 6.08 Å². The van der Waals surface area contributed by atoms with Crippen molar-refractivity contribution in [2.24, 2.45) is 0 Å². The number of nitrogens with one attached hydrogen (secondary N) is 1. The monoisotopic (exact) mass is 886 g/mol. The first kappa shape index (κ1) is 61.0. The highest BCUT2D eigenvalue weighted by atomic mass is 16.3. The molecule has 0 aromatic rings. The van der Waals surface area contributed by atoms with E-state index in [1.165, 1.54) is 141 Å². The van der Waals surface area contributed by atoms with Crippen molar-refractivity contribution < 1.29 is 15.0 Å². The Morgan fingerprint density at radius 1 is 0.391 bits per heavy atom. The van der Waals surface area contributed by atoms with Crippen LogP contribution in [0, 0.1) is 0 Å². The molecule has 0 saturated heterocycles. The molecule has 0 aromatic heterocycles. The first-order valence-corrected chi connectivity index (χ1v) is 27.1. The second-order valence-electron chi connectivity index (χ2n) is 17.9. The minimum Gasteiger partial charge on any atom is -0.394 e. The molecule has 64 heavy (non-hydrogen) atoms. The third kappa shape index (κ3) is 50.1. The number of allylic oxidation sites excluding steroid dienone is 17. The summed E-state index contributed by atoms with van der Waals surface area (Å²) in [4.78, 5) is 12.4. The van der Waals surface area contributed by atoms with Crippen molar-refractivity contribution >= 4 is 5.91 Å². The highest BCUT2D eigenvalue weighted by molar-refractivity contribution is 5.76. The van der Waals surface area contributed by atoms with Crippen molar-refractivity contribution in [2.75, 3.05) is 6.61 Å². The SMILES string of the molecule is CC/C=C\C/C=C\C/C=C\C/C=C\C/C=C\C/C=C\C/C=C\C/C=C\CCCCC(=O)NC(CO)C(O)/C=C/CCCCCCCCCCCCCCCCCCCCCCCCC. The molecule has 366 valence electrons. The molecule has 0 spiro atoms. The van der Waals surface area contributed by atoms with Gasteiger partial charge in [0, 0.05) is 6.42 Å². The zero-order valence-corrected chi connectivity index (χ0v) is 42.0. The molecule has 3 N–H and O–H groups in total. The van der Waals surface area contributed by atoms with Gasteiger partial charge in [0.05, 0.1) is 18.8 Å². The normalized spacial score (nSPS) is 13.8. The molecule has 2 atom stereocenters. The maximum Gasteiger partial charge on any atom is 0.220 e. The fraction of sp³-hybridized carbons (Fsp3) is 0.683. The molecule has 0 radical (unpaired) electrons. The minimum absolute atomic E-state index is 0.109. The van der Waals surface area contributed by atoms with Crippen molar-refractivity contribution in [1.82, 2.24) is 5.32 Å². The summed E-state index contributed by atoms with van der Waals surface area (Å²) in [6.45, 7) is 4.19. The Labute approximate surface area is 397 Å². The van der Waals surface area contributed by atoms with Gasteiger partial charge in [-0.25, -0.2) is 0 Å². The van der Waals surface area contributed by atoms with Gasteiger partial charge in [0.15, 0.2) is 0 Å². The third-order valence-corrected chi connectivity index (χ3v) is 11.8. The number of rotatable bonds is 48. The molecule has 0 heterocycles. The van der Waals surface area contributed by atoms with Crippen LogP contribution in [0.3, 0.4) is 0 Å². The molecular formula is C60H103NO3. The Bertz CT molecular complexity index is 1230. The van der Waals surface area contributed by atoms with E-state index < -0.39 is 12.1 Å². The Morgan fingerprint density at radius 3 is 1.03 bits per heavy atom. The number of amides is 1. The van der Waals surface area contributed by atoms with Crippen molar-refractivity contribution in [3.63, 3.8) is 0 Å². The number of hydrogen-bond acceptors (Lipinski definition) is 3. The van der Waals surface area contributed by atoms with Crippen LogP contribution < -0.4 is 5.32 Å². The lowest BCUT2D eigenvalue weighted by Gasteiger charge is -2.19. The first-order valence-electron chi connectivity index (χ1n) is 27.1. The largest absolute Gasteiger partial charge is 0.394 e. The minimum atomic E-state index is -0.867. The summed E-state index contributed by atoms with van der Waals surface area (Å²) in [6.07, 6.45) is 82.3. The van der Waals surface area contributed by atoms with Crippen LogP contribution >= 0.6 is 0 Å². The Balaban J connectivity index is 3.66. The van der Waals surface area contributed by atoms with Crippen LogP contribution in [0.2, 0.25) is 0 Å². The number of unbranched alkanes of at least 4 members (excludes halogenated alkanes) is 25. The van der Waals surface area contributed by atoms with Gasteiger partial charge in [-0.3, -0.25) is 4.79 Å². The summed E-state index contributed by atoms with van der Waals surface area (Å²) in [6, 6.07) is -0.655. The molecule has 0 aliphatic rings. The van der Waals surface area contributed by atoms with E-state index in [0.29, 0.717) is 6.42 Å². The summed E-state index contributed by atoms with van der Waals surface area (Å²) in [5.41, 5.74) is 0. The van der Waals surface area contributed by atoms with Crippen LogP contribution in [0.4, 0.5) is 0 Å². The second kappa shape index (κ2) is 54.4. The van der Waals surface area contributed by atoms with Crippen molar-refractivity contribution in [3.05, 3.63) is 109 Å². The Kier molecular flexibility index (Phi) is 51.9. The van der Waals surface area contributed by atoms with E-state index in [2.05, 4.69) is 116 Å². The molecular weight excluding hydrogens is 783 g/mol. The molecule has 0 saturated carbocycles. The van der Waals surface area contributed by atoms with Gasteiger partial charge < -0.3 is 15.5 Å². The topological polar surface area (TPSA) is 69.6 Å². The molecule has 1 amide bonds. The summed E-state index contributed by atoms with van der Waals surface area (Å²) in [5, 5.41) is 23.1. The highest BCUT2D eigenvalue weighted by Crippen LogP contribution is 2.16. The fourth-order valence-corrected chi connectivity index (χ4v) is 7.66. The van der Waals surface area contributed by atoms with E-state index in [1.54, 1.807) is 6.08 Å². The predicted octanol–water partition coefficient (Wildman–Crippen LogP) is 17.9. The van der Waals surface area contributed by atoms with E-state index in [-0.39, 0.29) is 12.5 Å². The molecule has 0 aromatic carbocycles. The van der Waals surface area contributed by atoms with Crippen molar-refractivity contribution in [1.29, 1.82) is 0 Å². The van der Waals surface area contributed by atoms with Crippen LogP contribution in [-0.4, -0.2) is 34.9 Å². The fourth-order valence-electron chi connectivity index (χ4n) is 7.66. The first-order chi connectivity index (χ1) is 31.7. The summed E-state index contributed by atoms with van der Waals surface area (Å²) >= 11 is 0. The lowest BCUT2D eigenvalue weighted by molar-refractivity contribution is -0.123. The van der Waals surface area contributed by atoms with Gasteiger partial charge in [-0.1, -0.05) is 264 Å². The van der Waals surface area contributed by atoms with Crippen LogP contribution in [0.1, 0.15) is 245 Å². The smallest absolute Gasteiger partial charge is 0.220 e. The molecule has 0 aliphatic heterocycles. The lowest BCUT2D eigenvalue weighted by atomic mass is 10.0. The van der Waals surface area contributed by atoms with E-state index in [9.17, 15) is 15.0 Å². The molecule has 0 aliphatic carbocycles. The zero-order valence-electron chi connectivity index (χ0n) is 42.0. The molecule has 2 unspecified atom stereocenters. The molecule has 0 rings (SSSR count). The summed E-state index contributed by atoms with van der Waals surface area (Å²) in [5.74, 6) is -0.109. The second-order valence-corrected chi connectivity index (χ2v) is 17.9. The van der Waals surface area contributed by atoms with Gasteiger partial charge in [-0.15, -0.1) is 0 Å². The van der Waals surface area contributed by atoms with Crippen molar-refractivity contribution in [2.45, 2.75) is 257 Å². The number of aliphatic hydroxyl groups is 2. The van der Waals surface area contributed by atoms with Gasteiger partial charge in [-0.05, 0) is 83.5 Å². The van der Waals surface area contributed by atoms with E-state index in [0.717, 1.165) is 83.5 Å². The van der Waals surface area contributed by atoms with Crippen LogP contribution in [0.5, 0.6) is 0 Å². The van der Waals surface area contributed by atoms with Gasteiger partial charge in [0.25, 0.3) is 0 Å². The third-order valence-electron chi connectivity index (χ3n) is 11.8. The van der Waals surface area contributed by atoms with Gasteiger partial charge >= 0.3 is 0 Å². The average Bonchev–Trinajstić information content (AvgIpc) is 3.30. The molecule has 4 nitrogen and oxygen atoms in total. The predicted molar refractivity (Wildman–Crippen MR) is 285 cm³/mol. The average molecular weight is 886 g/mol. The van der Waals surface area contributed by atoms with Crippen LogP contribution in [-0.2, 0) is 4.79 Å². The Hall–Kier alpha value is -2.95. The highest BCUT2D eigenvalue weighted by Gasteiger charge is 2.17. The van der Waals surface area contributed by atoms with Crippen LogP contribution in [0.15, 0.2) is 109 Å². The van der Waals surface area contributed by atoms with Gasteiger partial charge in [-0.2, -0.15) is 0 Å². The van der Waals surface area contributed by atoms with Gasteiger partial charge in [0.1, 0.15) is 0 Å². The zero-order chi connectivity index (χ0) is 46.3. The number of hydrogen-bond donors (Lipinski definition) is 3. The van der Waals surface area contributed by atoms with E-state index in [4.69, 9.17) is 0 Å². The molecule has 0 bridgehead atoms. The maximum atomic E-state index is 12.4. The van der Waals surface area contributed by atoms with E-state index >= 15 is 0 Å². The number of aliphatic hydroxyl groups excluding tert-OH is 2. The number of carbonyl (C=O) groups is 1. The standard InChI is InChI=1S/C60H103NO3/c1-3-5-7-9-11-13-15-17-19-21-23-25-27-29-30-32-34-36-38-40-42-44-46-48-50-52-54-56-60(64)61-58(57-62)59(63)55-53-51-49-47-45-43-41-39-37-35-33-31-28-26-24-22-20-18-16-14-12-10-8-6-4-2/h5,7,11,13,17,19,23,25,29-30,34,36,40,42,46,48,53,55,58-59,62-63H,3-4,6,8-10,12,14-16,18,20-22,24,26-28,31-33,35,37-39,41,43-45,47,49-52,54,56-57H2,1-2H3,(H,61,64)/b7-5-,13-11-,19-17-,25-23-,30-29-,36-34-,42-40-,48-46-,55-53+. The molecule has 4 heteroatoms.